The van der Waals surface area contributed by atoms with Gasteiger partial charge in [-0.1, -0.05) is 6.07 Å². The number of nitrogens with zero attached hydrogens (tertiary/aromatic N) is 4. The minimum Gasteiger partial charge on any atom is -0.506 e. The average Bonchev–Trinajstić information content (AvgIpc) is 2.79. The van der Waals surface area contributed by atoms with Gasteiger partial charge < -0.3 is 19.9 Å². The minimum atomic E-state index is -0.269. The van der Waals surface area contributed by atoms with Crippen LogP contribution in [0, 0.1) is 17.2 Å². The van der Waals surface area contributed by atoms with Gasteiger partial charge in [0.15, 0.2) is 0 Å². The number of hydrogen-bond acceptors (Lipinski definition) is 6. The molecule has 1 aliphatic carbocycles. The molecule has 2 fully saturated rings. The Kier molecular flexibility index (Phi) is 5.02. The molecule has 162 valence electrons. The molecule has 5 rings (SSSR count). The fourth-order valence-electron chi connectivity index (χ4n) is 4.59. The number of rotatable bonds is 3. The van der Waals surface area contributed by atoms with Crippen molar-refractivity contribution in [1.29, 1.82) is 5.26 Å². The van der Waals surface area contributed by atoms with Crippen molar-refractivity contribution in [3.05, 3.63) is 64.2 Å². The molecule has 0 spiro atoms. The van der Waals surface area contributed by atoms with E-state index in [0.717, 1.165) is 18.8 Å². The maximum atomic E-state index is 13.0. The van der Waals surface area contributed by atoms with E-state index in [1.165, 1.54) is 6.07 Å². The van der Waals surface area contributed by atoms with Gasteiger partial charge in [0.1, 0.15) is 17.1 Å². The molecule has 1 amide bonds. The number of amides is 1. The first-order valence-corrected chi connectivity index (χ1v) is 10.8. The van der Waals surface area contributed by atoms with Gasteiger partial charge in [0.05, 0.1) is 17.0 Å². The molecule has 0 atom stereocenters. The second-order valence-electron chi connectivity index (χ2n) is 8.46. The van der Waals surface area contributed by atoms with Crippen LogP contribution in [-0.2, 0) is 4.79 Å². The van der Waals surface area contributed by atoms with E-state index in [4.69, 9.17) is 5.26 Å². The number of phenols is 1. The Labute approximate surface area is 184 Å². The molecule has 0 radical (unpaired) electrons. The van der Waals surface area contributed by atoms with Crippen molar-refractivity contribution in [3.8, 4) is 11.8 Å². The van der Waals surface area contributed by atoms with Gasteiger partial charge in [-0.05, 0) is 49.2 Å². The first kappa shape index (κ1) is 20.1. The zero-order chi connectivity index (χ0) is 22.2. The van der Waals surface area contributed by atoms with Crippen LogP contribution >= 0.6 is 0 Å². The summed E-state index contributed by atoms with van der Waals surface area (Å²) in [6.45, 7) is 2.84. The number of phenolic OH excluding ortho intramolecular Hbond substituents is 1. The number of anilines is 1. The third-order valence-corrected chi connectivity index (χ3v) is 6.56. The van der Waals surface area contributed by atoms with Crippen LogP contribution in [0.5, 0.6) is 5.75 Å². The van der Waals surface area contributed by atoms with E-state index in [0.29, 0.717) is 48.2 Å². The molecule has 1 aliphatic heterocycles. The van der Waals surface area contributed by atoms with Gasteiger partial charge in [-0.3, -0.25) is 9.59 Å². The molecule has 8 nitrogen and oxygen atoms in total. The number of nitriles is 1. The van der Waals surface area contributed by atoms with E-state index < -0.39 is 0 Å². The van der Waals surface area contributed by atoms with Crippen molar-refractivity contribution < 1.29 is 9.90 Å². The largest absolute Gasteiger partial charge is 0.506 e. The predicted molar refractivity (Wildman–Crippen MR) is 119 cm³/mol. The summed E-state index contributed by atoms with van der Waals surface area (Å²) in [5, 5.41) is 19.3. The number of aromatic hydroxyl groups is 1. The first-order valence-electron chi connectivity index (χ1n) is 10.8. The van der Waals surface area contributed by atoms with Gasteiger partial charge >= 0.3 is 0 Å². The zero-order valence-electron chi connectivity index (χ0n) is 17.5. The predicted octanol–water partition coefficient (Wildman–Crippen LogP) is 2.34. The third kappa shape index (κ3) is 3.56. The van der Waals surface area contributed by atoms with E-state index in [-0.39, 0.29) is 29.1 Å². The number of fused-ring (bicyclic) bond motifs is 1. The van der Waals surface area contributed by atoms with Crippen LogP contribution in [0.3, 0.4) is 0 Å². The molecule has 1 saturated carbocycles. The molecule has 2 aliphatic rings. The summed E-state index contributed by atoms with van der Waals surface area (Å²) in [6, 6.07) is 14.4. The SMILES string of the molecule is N#Cc1ccc(N2CCN(C(=O)C3CC(c4nc5c(O)cccc5c(=O)[nH]4)C3)CC2)cc1. The van der Waals surface area contributed by atoms with Crippen LogP contribution < -0.4 is 10.5 Å². The third-order valence-electron chi connectivity index (χ3n) is 6.56. The lowest BCUT2D eigenvalue weighted by Crippen LogP contribution is -2.52. The van der Waals surface area contributed by atoms with E-state index in [1.807, 2.05) is 29.2 Å². The van der Waals surface area contributed by atoms with Gasteiger partial charge in [-0.15, -0.1) is 0 Å². The van der Waals surface area contributed by atoms with Gasteiger partial charge in [0.25, 0.3) is 5.56 Å². The summed E-state index contributed by atoms with van der Waals surface area (Å²) in [5.74, 6) is 0.639. The molecular weight excluding hydrogens is 406 g/mol. The highest BCUT2D eigenvalue weighted by Gasteiger charge is 2.39. The Morgan fingerprint density at radius 2 is 1.81 bits per heavy atom. The van der Waals surface area contributed by atoms with Gasteiger partial charge in [-0.25, -0.2) is 4.98 Å². The van der Waals surface area contributed by atoms with Crippen molar-refractivity contribution in [1.82, 2.24) is 14.9 Å². The van der Waals surface area contributed by atoms with E-state index in [1.54, 1.807) is 12.1 Å². The Morgan fingerprint density at radius 3 is 2.50 bits per heavy atom. The Morgan fingerprint density at radius 1 is 1.09 bits per heavy atom. The molecule has 2 N–H and O–H groups in total. The molecule has 2 aromatic carbocycles. The summed E-state index contributed by atoms with van der Waals surface area (Å²) in [4.78, 5) is 36.7. The van der Waals surface area contributed by atoms with Gasteiger partial charge in [0.2, 0.25) is 5.91 Å². The topological polar surface area (TPSA) is 113 Å². The minimum absolute atomic E-state index is 0.0121. The monoisotopic (exact) mass is 429 g/mol. The van der Waals surface area contributed by atoms with Crippen molar-refractivity contribution in [2.45, 2.75) is 18.8 Å². The lowest BCUT2D eigenvalue weighted by molar-refractivity contribution is -0.139. The van der Waals surface area contributed by atoms with Crippen LogP contribution in [0.1, 0.15) is 30.1 Å². The number of nitrogens with one attached hydrogen (secondary N) is 1. The Hall–Kier alpha value is -3.86. The molecule has 1 saturated heterocycles. The fraction of sp³-hybridized carbons (Fsp3) is 0.333. The number of para-hydroxylation sites is 1. The molecule has 0 bridgehead atoms. The summed E-state index contributed by atoms with van der Waals surface area (Å²) in [6.07, 6.45) is 1.30. The number of carbonyl (C=O) groups is 1. The normalized spacial score (nSPS) is 20.6. The molecule has 3 aromatic rings. The van der Waals surface area contributed by atoms with Crippen LogP contribution in [0.15, 0.2) is 47.3 Å². The second kappa shape index (κ2) is 8.00. The number of carbonyl (C=O) groups excluding carboxylic acids is 1. The highest BCUT2D eigenvalue weighted by molar-refractivity contribution is 5.83. The molecular formula is C24H23N5O3. The van der Waals surface area contributed by atoms with Crippen LogP contribution in [0.25, 0.3) is 10.9 Å². The summed E-state index contributed by atoms with van der Waals surface area (Å²) in [7, 11) is 0. The number of benzene rings is 2. The van der Waals surface area contributed by atoms with E-state index in [2.05, 4.69) is 20.9 Å². The average molecular weight is 429 g/mol. The summed E-state index contributed by atoms with van der Waals surface area (Å²) >= 11 is 0. The maximum absolute atomic E-state index is 13.0. The van der Waals surface area contributed by atoms with Crippen molar-refractivity contribution >= 4 is 22.5 Å². The molecule has 1 aromatic heterocycles. The van der Waals surface area contributed by atoms with Crippen LogP contribution in [-0.4, -0.2) is 52.1 Å². The van der Waals surface area contributed by atoms with Crippen molar-refractivity contribution in [3.63, 3.8) is 0 Å². The number of piperazine rings is 1. The standard InChI is InChI=1S/C24H23N5O3/c25-14-15-4-6-18(7-5-15)28-8-10-29(11-9-28)24(32)17-12-16(13-17)22-26-21-19(23(31)27-22)2-1-3-20(21)30/h1-7,16-17,30H,8-13H2,(H,26,27,31). The number of H-pyrrole nitrogens is 1. The second-order valence-corrected chi connectivity index (χ2v) is 8.46. The van der Waals surface area contributed by atoms with Crippen LogP contribution in [0.2, 0.25) is 0 Å². The number of hydrogen-bond donors (Lipinski definition) is 2. The first-order chi connectivity index (χ1) is 15.5. The summed E-state index contributed by atoms with van der Waals surface area (Å²) < 4.78 is 0. The van der Waals surface area contributed by atoms with Gasteiger partial charge in [-0.2, -0.15) is 5.26 Å². The lowest BCUT2D eigenvalue weighted by Gasteiger charge is -2.41. The molecule has 8 heteroatoms. The van der Waals surface area contributed by atoms with Crippen molar-refractivity contribution in [2.24, 2.45) is 5.92 Å². The molecule has 32 heavy (non-hydrogen) atoms. The van der Waals surface area contributed by atoms with Crippen LogP contribution in [0.4, 0.5) is 5.69 Å². The summed E-state index contributed by atoms with van der Waals surface area (Å²) in [5.41, 5.74) is 1.74. The molecule has 0 unspecified atom stereocenters. The smallest absolute Gasteiger partial charge is 0.258 e. The van der Waals surface area contributed by atoms with E-state index >= 15 is 0 Å². The zero-order valence-corrected chi connectivity index (χ0v) is 17.5. The highest BCUT2D eigenvalue weighted by atomic mass is 16.3. The highest BCUT2D eigenvalue weighted by Crippen LogP contribution is 2.41. The number of aromatic nitrogens is 2. The Balaban J connectivity index is 1.19. The quantitative estimate of drug-likeness (QED) is 0.661. The fourth-order valence-corrected chi connectivity index (χ4v) is 4.59. The Bertz CT molecular complexity index is 1260. The molecule has 2 heterocycles. The van der Waals surface area contributed by atoms with Gasteiger partial charge in [0, 0.05) is 43.7 Å². The van der Waals surface area contributed by atoms with E-state index in [9.17, 15) is 14.7 Å². The number of aromatic amines is 1. The lowest BCUT2D eigenvalue weighted by atomic mass is 9.73. The maximum Gasteiger partial charge on any atom is 0.258 e. The van der Waals surface area contributed by atoms with Crippen molar-refractivity contribution in [2.75, 3.05) is 31.1 Å².